The highest BCUT2D eigenvalue weighted by Gasteiger charge is 1.72. The number of anilines is 1. The highest BCUT2D eigenvalue weighted by molar-refractivity contribution is 5.48. The van der Waals surface area contributed by atoms with E-state index in [1.54, 1.807) is 0 Å². The molecule has 1 rings (SSSR count). The minimum absolute atomic E-state index is 0.708. The van der Waals surface area contributed by atoms with Crippen LogP contribution in [0.1, 0.15) is 19.8 Å². The number of para-hydroxylation sites is 1. The van der Waals surface area contributed by atoms with Gasteiger partial charge in [-0.05, 0) is 18.6 Å². The Bertz CT molecular complexity index is 196. The van der Waals surface area contributed by atoms with Gasteiger partial charge >= 0.3 is 0 Å². The van der Waals surface area contributed by atoms with E-state index in [2.05, 4.69) is 0 Å². The molecular weight excluding hydrogens is 150 g/mol. The predicted octanol–water partition coefficient (Wildman–Crippen LogP) is 2.25. The van der Waals surface area contributed by atoms with Crippen molar-refractivity contribution in [2.24, 2.45) is 0 Å². The maximum absolute atomic E-state index is 9.40. The monoisotopic (exact) mass is 165 g/mol. The van der Waals surface area contributed by atoms with Crippen molar-refractivity contribution >= 4 is 12.0 Å². The van der Waals surface area contributed by atoms with E-state index in [4.69, 9.17) is 5.73 Å². The molecule has 0 fully saturated rings. The molecule has 12 heavy (non-hydrogen) atoms. The van der Waals surface area contributed by atoms with Crippen LogP contribution in [0.2, 0.25) is 0 Å². The zero-order chi connectivity index (χ0) is 9.23. The van der Waals surface area contributed by atoms with Gasteiger partial charge in [-0.2, -0.15) is 0 Å². The van der Waals surface area contributed by atoms with E-state index in [1.807, 2.05) is 37.3 Å². The average Bonchev–Trinajstić information content (AvgIpc) is 2.08. The van der Waals surface area contributed by atoms with Gasteiger partial charge in [-0.15, -0.1) is 0 Å². The third-order valence-corrected chi connectivity index (χ3v) is 1.21. The first-order valence-electron chi connectivity index (χ1n) is 4.05. The SMILES string of the molecule is CCCC=O.Nc1ccccc1. The molecule has 0 unspecified atom stereocenters. The molecule has 0 aliphatic heterocycles. The molecular formula is C10H15NO. The minimum atomic E-state index is 0.708. The number of nitrogens with two attached hydrogens (primary N) is 1. The fourth-order valence-corrected chi connectivity index (χ4v) is 0.571. The van der Waals surface area contributed by atoms with Gasteiger partial charge in [0, 0.05) is 12.1 Å². The Hall–Kier alpha value is -1.31. The Morgan fingerprint density at radius 1 is 1.33 bits per heavy atom. The number of hydrogen-bond acceptors (Lipinski definition) is 2. The molecule has 2 nitrogen and oxygen atoms in total. The van der Waals surface area contributed by atoms with E-state index in [0.717, 1.165) is 18.4 Å². The lowest BCUT2D eigenvalue weighted by molar-refractivity contribution is -0.107. The van der Waals surface area contributed by atoms with Gasteiger partial charge in [-0.25, -0.2) is 0 Å². The fraction of sp³-hybridized carbons (Fsp3) is 0.300. The quantitative estimate of drug-likeness (QED) is 0.539. The van der Waals surface area contributed by atoms with Crippen molar-refractivity contribution in [1.82, 2.24) is 0 Å². The smallest absolute Gasteiger partial charge is 0.119 e. The van der Waals surface area contributed by atoms with Gasteiger partial charge in [0.2, 0.25) is 0 Å². The van der Waals surface area contributed by atoms with E-state index in [-0.39, 0.29) is 0 Å². The molecule has 0 bridgehead atoms. The normalized spacial score (nSPS) is 8.08. The van der Waals surface area contributed by atoms with Crippen LogP contribution < -0.4 is 5.73 Å². The van der Waals surface area contributed by atoms with Crippen LogP contribution in [0.5, 0.6) is 0 Å². The van der Waals surface area contributed by atoms with Gasteiger partial charge in [-0.1, -0.05) is 25.1 Å². The summed E-state index contributed by atoms with van der Waals surface area (Å²) in [4.78, 5) is 9.40. The molecule has 0 amide bonds. The van der Waals surface area contributed by atoms with Gasteiger partial charge in [0.25, 0.3) is 0 Å². The van der Waals surface area contributed by atoms with Gasteiger partial charge in [0.15, 0.2) is 0 Å². The van der Waals surface area contributed by atoms with E-state index >= 15 is 0 Å². The van der Waals surface area contributed by atoms with Crippen molar-refractivity contribution in [3.8, 4) is 0 Å². The molecule has 0 atom stereocenters. The first-order chi connectivity index (χ1) is 5.81. The van der Waals surface area contributed by atoms with Crippen molar-refractivity contribution in [3.63, 3.8) is 0 Å². The largest absolute Gasteiger partial charge is 0.399 e. The Labute approximate surface area is 73.4 Å². The highest BCUT2D eigenvalue weighted by Crippen LogP contribution is 1.95. The zero-order valence-electron chi connectivity index (χ0n) is 7.36. The molecule has 2 N–H and O–H groups in total. The van der Waals surface area contributed by atoms with Crippen LogP contribution in [0.15, 0.2) is 30.3 Å². The minimum Gasteiger partial charge on any atom is -0.399 e. The number of hydrogen-bond donors (Lipinski definition) is 1. The maximum atomic E-state index is 9.40. The summed E-state index contributed by atoms with van der Waals surface area (Å²) in [5, 5.41) is 0. The second-order valence-corrected chi connectivity index (χ2v) is 2.37. The Morgan fingerprint density at radius 3 is 2.08 bits per heavy atom. The topological polar surface area (TPSA) is 43.1 Å². The number of carbonyl (C=O) groups excluding carboxylic acids is 1. The molecule has 0 saturated carbocycles. The standard InChI is InChI=1S/C6H7N.C4H8O/c7-6-4-2-1-3-5-6;1-2-3-4-5/h1-5H,7H2;4H,2-3H2,1H3. The number of carbonyl (C=O) groups is 1. The second kappa shape index (κ2) is 7.79. The summed E-state index contributed by atoms with van der Waals surface area (Å²) in [7, 11) is 0. The molecule has 0 radical (unpaired) electrons. The van der Waals surface area contributed by atoms with E-state index in [9.17, 15) is 4.79 Å². The van der Waals surface area contributed by atoms with Gasteiger partial charge < -0.3 is 10.5 Å². The molecule has 2 heteroatoms. The molecule has 0 aliphatic rings. The Morgan fingerprint density at radius 2 is 1.92 bits per heavy atom. The molecule has 0 saturated heterocycles. The first kappa shape index (κ1) is 10.7. The van der Waals surface area contributed by atoms with E-state index in [0.29, 0.717) is 6.42 Å². The third kappa shape index (κ3) is 6.81. The molecule has 0 aliphatic carbocycles. The molecule has 1 aromatic carbocycles. The fourth-order valence-electron chi connectivity index (χ4n) is 0.571. The second-order valence-electron chi connectivity index (χ2n) is 2.37. The lowest BCUT2D eigenvalue weighted by Gasteiger charge is -1.83. The number of unbranched alkanes of at least 4 members (excludes halogenated alkanes) is 1. The summed E-state index contributed by atoms with van der Waals surface area (Å²) in [6.45, 7) is 1.98. The summed E-state index contributed by atoms with van der Waals surface area (Å²) in [5.41, 5.74) is 6.18. The Kier molecular flexibility index (Phi) is 6.94. The zero-order valence-corrected chi connectivity index (χ0v) is 7.36. The van der Waals surface area contributed by atoms with Crippen LogP contribution in [0.3, 0.4) is 0 Å². The summed E-state index contributed by atoms with van der Waals surface area (Å²) in [6.07, 6.45) is 2.61. The van der Waals surface area contributed by atoms with Crippen LogP contribution in [-0.2, 0) is 4.79 Å². The summed E-state index contributed by atoms with van der Waals surface area (Å²) in [6, 6.07) is 9.49. The van der Waals surface area contributed by atoms with Crippen LogP contribution in [-0.4, -0.2) is 6.29 Å². The van der Waals surface area contributed by atoms with E-state index in [1.165, 1.54) is 0 Å². The van der Waals surface area contributed by atoms with Crippen LogP contribution >= 0.6 is 0 Å². The van der Waals surface area contributed by atoms with Crippen molar-refractivity contribution in [2.75, 3.05) is 5.73 Å². The lowest BCUT2D eigenvalue weighted by Crippen LogP contribution is -1.79. The molecule has 0 heterocycles. The molecule has 0 spiro atoms. The van der Waals surface area contributed by atoms with Gasteiger partial charge in [0.1, 0.15) is 6.29 Å². The van der Waals surface area contributed by atoms with Crippen LogP contribution in [0.25, 0.3) is 0 Å². The summed E-state index contributed by atoms with van der Waals surface area (Å²) in [5.74, 6) is 0. The van der Waals surface area contributed by atoms with Crippen molar-refractivity contribution in [1.29, 1.82) is 0 Å². The maximum Gasteiger partial charge on any atom is 0.119 e. The number of rotatable bonds is 2. The Balaban J connectivity index is 0.000000217. The summed E-state index contributed by atoms with van der Waals surface area (Å²) < 4.78 is 0. The third-order valence-electron chi connectivity index (χ3n) is 1.21. The predicted molar refractivity (Wildman–Crippen MR) is 51.8 cm³/mol. The number of aldehydes is 1. The molecule has 0 aromatic heterocycles. The van der Waals surface area contributed by atoms with Crippen molar-refractivity contribution in [3.05, 3.63) is 30.3 Å². The summed E-state index contributed by atoms with van der Waals surface area (Å²) >= 11 is 0. The van der Waals surface area contributed by atoms with Gasteiger partial charge in [-0.3, -0.25) is 0 Å². The van der Waals surface area contributed by atoms with Crippen molar-refractivity contribution in [2.45, 2.75) is 19.8 Å². The van der Waals surface area contributed by atoms with Crippen LogP contribution in [0, 0.1) is 0 Å². The lowest BCUT2D eigenvalue weighted by atomic mass is 10.3. The molecule has 1 aromatic rings. The number of nitrogen functional groups attached to an aromatic ring is 1. The highest BCUT2D eigenvalue weighted by atomic mass is 16.1. The van der Waals surface area contributed by atoms with Crippen molar-refractivity contribution < 1.29 is 4.79 Å². The van der Waals surface area contributed by atoms with Gasteiger partial charge in [0.05, 0.1) is 0 Å². The number of benzene rings is 1. The first-order valence-corrected chi connectivity index (χ1v) is 4.05. The molecule has 66 valence electrons. The average molecular weight is 165 g/mol. The van der Waals surface area contributed by atoms with E-state index < -0.39 is 0 Å². The van der Waals surface area contributed by atoms with Crippen LogP contribution in [0.4, 0.5) is 5.69 Å².